The Balaban J connectivity index is 2.78. The fourth-order valence-electron chi connectivity index (χ4n) is 0.687. The van der Waals surface area contributed by atoms with Crippen LogP contribution in [0.3, 0.4) is 0 Å². The van der Waals surface area contributed by atoms with Crippen LogP contribution in [0, 0.1) is 0 Å². The molecule has 1 aromatic heterocycles. The Morgan fingerprint density at radius 1 is 1.73 bits per heavy atom. The summed E-state index contributed by atoms with van der Waals surface area (Å²) < 4.78 is 1.16. The van der Waals surface area contributed by atoms with Gasteiger partial charge in [-0.05, 0) is 41.1 Å². The number of halogens is 2. The molecule has 0 nitrogen and oxygen atoms in total. The summed E-state index contributed by atoms with van der Waals surface area (Å²) in [5, 5.41) is 0. The molecule has 0 aliphatic carbocycles. The zero-order valence-corrected chi connectivity index (χ0v) is 9.26. The summed E-state index contributed by atoms with van der Waals surface area (Å²) in [6.45, 7) is 2.03. The number of rotatable bonds is 2. The molecular formula is C8H8BrClS. The molecule has 0 radical (unpaired) electrons. The second kappa shape index (κ2) is 4.29. The Kier molecular flexibility index (Phi) is 3.63. The molecule has 0 amide bonds. The topological polar surface area (TPSA) is 0 Å². The normalized spacial score (nSPS) is 12.1. The molecule has 0 aliphatic heterocycles. The summed E-state index contributed by atoms with van der Waals surface area (Å²) in [4.78, 5) is 1.25. The van der Waals surface area contributed by atoms with E-state index in [2.05, 4.69) is 28.1 Å². The third-order valence-electron chi connectivity index (χ3n) is 1.19. The summed E-state index contributed by atoms with van der Waals surface area (Å²) in [5.41, 5.74) is 1.20. The van der Waals surface area contributed by atoms with Gasteiger partial charge in [0.1, 0.15) is 0 Å². The van der Waals surface area contributed by atoms with Gasteiger partial charge in [-0.2, -0.15) is 0 Å². The van der Waals surface area contributed by atoms with E-state index in [-0.39, 0.29) is 0 Å². The standard InChI is InChI=1S/C8H8BrClS/c1-6(5-10)4-7-2-3-8(9)11-7/h2-4H,5H2,1H3. The quantitative estimate of drug-likeness (QED) is 0.693. The molecular weight excluding hydrogens is 244 g/mol. The van der Waals surface area contributed by atoms with E-state index in [0.717, 1.165) is 3.79 Å². The molecule has 60 valence electrons. The molecule has 0 saturated carbocycles. The van der Waals surface area contributed by atoms with Gasteiger partial charge in [-0.3, -0.25) is 0 Å². The van der Waals surface area contributed by atoms with E-state index >= 15 is 0 Å². The van der Waals surface area contributed by atoms with Gasteiger partial charge < -0.3 is 0 Å². The molecule has 3 heteroatoms. The highest BCUT2D eigenvalue weighted by atomic mass is 79.9. The minimum absolute atomic E-state index is 0.607. The molecule has 0 atom stereocenters. The van der Waals surface area contributed by atoms with Crippen molar-refractivity contribution in [3.05, 3.63) is 26.4 Å². The van der Waals surface area contributed by atoms with Crippen molar-refractivity contribution in [2.24, 2.45) is 0 Å². The second-order valence-electron chi connectivity index (χ2n) is 2.27. The summed E-state index contributed by atoms with van der Waals surface area (Å²) in [7, 11) is 0. The SMILES string of the molecule is CC(=Cc1ccc(Br)s1)CCl. The van der Waals surface area contributed by atoms with Crippen LogP contribution < -0.4 is 0 Å². The van der Waals surface area contributed by atoms with Gasteiger partial charge in [-0.1, -0.05) is 5.57 Å². The lowest BCUT2D eigenvalue weighted by atomic mass is 10.3. The van der Waals surface area contributed by atoms with Gasteiger partial charge in [0.15, 0.2) is 0 Å². The van der Waals surface area contributed by atoms with Gasteiger partial charge in [0.25, 0.3) is 0 Å². The van der Waals surface area contributed by atoms with Gasteiger partial charge in [0.05, 0.1) is 3.79 Å². The van der Waals surface area contributed by atoms with Crippen LogP contribution in [0.1, 0.15) is 11.8 Å². The lowest BCUT2D eigenvalue weighted by Gasteiger charge is -1.89. The van der Waals surface area contributed by atoms with Crippen molar-refractivity contribution < 1.29 is 0 Å². The maximum atomic E-state index is 5.63. The van der Waals surface area contributed by atoms with Gasteiger partial charge in [-0.15, -0.1) is 22.9 Å². The molecule has 0 N–H and O–H groups in total. The molecule has 0 saturated heterocycles. The molecule has 0 spiro atoms. The van der Waals surface area contributed by atoms with E-state index in [9.17, 15) is 0 Å². The van der Waals surface area contributed by atoms with Crippen molar-refractivity contribution in [1.29, 1.82) is 0 Å². The van der Waals surface area contributed by atoms with Crippen molar-refractivity contribution in [3.8, 4) is 0 Å². The van der Waals surface area contributed by atoms with E-state index in [1.807, 2.05) is 13.0 Å². The van der Waals surface area contributed by atoms with Gasteiger partial charge >= 0.3 is 0 Å². The highest BCUT2D eigenvalue weighted by molar-refractivity contribution is 9.11. The van der Waals surface area contributed by atoms with E-state index in [0.29, 0.717) is 5.88 Å². The smallest absolute Gasteiger partial charge is 0.0704 e. The van der Waals surface area contributed by atoms with Crippen molar-refractivity contribution in [2.45, 2.75) is 6.92 Å². The molecule has 1 rings (SSSR count). The van der Waals surface area contributed by atoms with Gasteiger partial charge in [0.2, 0.25) is 0 Å². The highest BCUT2D eigenvalue weighted by Gasteiger charge is 1.93. The van der Waals surface area contributed by atoms with Crippen LogP contribution in [0.4, 0.5) is 0 Å². The summed E-state index contributed by atoms with van der Waals surface area (Å²) >= 11 is 10.7. The average Bonchev–Trinajstić information content (AvgIpc) is 2.35. The number of hydrogen-bond acceptors (Lipinski definition) is 1. The van der Waals surface area contributed by atoms with Crippen LogP contribution in [0.5, 0.6) is 0 Å². The number of alkyl halides is 1. The maximum Gasteiger partial charge on any atom is 0.0704 e. The van der Waals surface area contributed by atoms with Crippen LogP contribution in [0.2, 0.25) is 0 Å². The van der Waals surface area contributed by atoms with E-state index < -0.39 is 0 Å². The Morgan fingerprint density at radius 3 is 2.91 bits per heavy atom. The molecule has 0 aliphatic rings. The summed E-state index contributed by atoms with van der Waals surface area (Å²) in [6, 6.07) is 4.11. The largest absolute Gasteiger partial charge is 0.129 e. The molecule has 11 heavy (non-hydrogen) atoms. The molecule has 0 bridgehead atoms. The zero-order chi connectivity index (χ0) is 8.27. The van der Waals surface area contributed by atoms with Crippen molar-refractivity contribution in [3.63, 3.8) is 0 Å². The molecule has 0 unspecified atom stereocenters. The fraction of sp³-hybridized carbons (Fsp3) is 0.250. The molecule has 1 heterocycles. The van der Waals surface area contributed by atoms with E-state index in [1.165, 1.54) is 10.5 Å². The fourth-order valence-corrected chi connectivity index (χ4v) is 2.21. The minimum atomic E-state index is 0.607. The Labute approximate surface area is 84.0 Å². The molecule has 0 aromatic carbocycles. The first kappa shape index (κ1) is 9.30. The van der Waals surface area contributed by atoms with E-state index in [1.54, 1.807) is 11.3 Å². The number of allylic oxidation sites excluding steroid dienone is 1. The van der Waals surface area contributed by atoms with Crippen LogP contribution in [0.25, 0.3) is 6.08 Å². The lowest BCUT2D eigenvalue weighted by molar-refractivity contribution is 1.44. The minimum Gasteiger partial charge on any atom is -0.129 e. The highest BCUT2D eigenvalue weighted by Crippen LogP contribution is 2.24. The predicted octanol–water partition coefficient (Wildman–Crippen LogP) is 4.15. The Hall–Kier alpha value is 0.210. The summed E-state index contributed by atoms with van der Waals surface area (Å²) in [6.07, 6.45) is 2.10. The first-order valence-electron chi connectivity index (χ1n) is 3.21. The number of hydrogen-bond donors (Lipinski definition) is 0. The van der Waals surface area contributed by atoms with Gasteiger partial charge in [0, 0.05) is 10.8 Å². The monoisotopic (exact) mass is 250 g/mol. The summed E-state index contributed by atoms with van der Waals surface area (Å²) in [5.74, 6) is 0.607. The van der Waals surface area contributed by atoms with Crippen molar-refractivity contribution >= 4 is 44.9 Å². The number of thiophene rings is 1. The zero-order valence-electron chi connectivity index (χ0n) is 6.10. The van der Waals surface area contributed by atoms with Crippen LogP contribution in [0.15, 0.2) is 21.5 Å². The van der Waals surface area contributed by atoms with Crippen molar-refractivity contribution in [1.82, 2.24) is 0 Å². The van der Waals surface area contributed by atoms with Crippen LogP contribution in [-0.2, 0) is 0 Å². The van der Waals surface area contributed by atoms with Gasteiger partial charge in [-0.25, -0.2) is 0 Å². The van der Waals surface area contributed by atoms with E-state index in [4.69, 9.17) is 11.6 Å². The lowest BCUT2D eigenvalue weighted by Crippen LogP contribution is -1.73. The average molecular weight is 252 g/mol. The Bertz CT molecular complexity index is 265. The first-order chi connectivity index (χ1) is 5.22. The van der Waals surface area contributed by atoms with Crippen LogP contribution in [-0.4, -0.2) is 5.88 Å². The Morgan fingerprint density at radius 2 is 2.45 bits per heavy atom. The van der Waals surface area contributed by atoms with Crippen molar-refractivity contribution in [2.75, 3.05) is 5.88 Å². The third kappa shape index (κ3) is 2.97. The first-order valence-corrected chi connectivity index (χ1v) is 5.35. The molecule has 0 fully saturated rings. The third-order valence-corrected chi connectivity index (χ3v) is 3.19. The van der Waals surface area contributed by atoms with Crippen LogP contribution >= 0.6 is 38.9 Å². The second-order valence-corrected chi connectivity index (χ2v) is 5.03. The maximum absolute atomic E-state index is 5.63. The predicted molar refractivity (Wildman–Crippen MR) is 56.4 cm³/mol. The molecule has 1 aromatic rings.